The number of rotatable bonds is 19. The number of nitrogens with one attached hydrogen (secondary N) is 7. The van der Waals surface area contributed by atoms with Crippen molar-refractivity contribution in [3.8, 4) is 5.75 Å². The lowest BCUT2D eigenvalue weighted by atomic mass is 10.0. The predicted molar refractivity (Wildman–Crippen MR) is 282 cm³/mol. The molecule has 19 N–H and O–H groups in total. The second-order valence-corrected chi connectivity index (χ2v) is 20.5. The molecule has 2 aliphatic rings. The van der Waals surface area contributed by atoms with Gasteiger partial charge in [-0.15, -0.1) is 0 Å². The zero-order valence-electron chi connectivity index (χ0n) is 42.4. The number of phenols is 1. The highest BCUT2D eigenvalue weighted by atomic mass is 33.1. The minimum Gasteiger partial charge on any atom is -0.508 e. The maximum absolute atomic E-state index is 14.6. The van der Waals surface area contributed by atoms with Crippen LogP contribution in [0.2, 0.25) is 0 Å². The number of carboxylic acids is 1. The number of carboxylic acid groups (broad SMARTS) is 1. The topological polar surface area (TPSA) is 463 Å². The van der Waals surface area contributed by atoms with Crippen molar-refractivity contribution in [3.63, 3.8) is 0 Å². The summed E-state index contributed by atoms with van der Waals surface area (Å²) in [7, 11) is 2.02. The summed E-state index contributed by atoms with van der Waals surface area (Å²) in [6.45, 7) is 0.936. The number of likely N-dealkylation sites (tertiary alicyclic amines) is 1. The van der Waals surface area contributed by atoms with Crippen molar-refractivity contribution in [3.05, 3.63) is 65.7 Å². The van der Waals surface area contributed by atoms with Crippen molar-refractivity contribution >= 4 is 92.5 Å². The van der Waals surface area contributed by atoms with Crippen molar-refractivity contribution in [2.45, 2.75) is 119 Å². The molecule has 29 heteroatoms. The van der Waals surface area contributed by atoms with Gasteiger partial charge in [0.05, 0.1) is 19.0 Å². The van der Waals surface area contributed by atoms with Crippen LogP contribution < -0.4 is 65.9 Å². The number of hydrogen-bond acceptors (Lipinski definition) is 17. The molecule has 0 bridgehead atoms. The molecule has 2 aromatic carbocycles. The van der Waals surface area contributed by atoms with E-state index in [0.29, 0.717) is 36.9 Å². The third-order valence-electron chi connectivity index (χ3n) is 11.6. The summed E-state index contributed by atoms with van der Waals surface area (Å²) >= 11 is 0. The first-order valence-corrected chi connectivity index (χ1v) is 26.9. The molecule has 0 aliphatic carbocycles. The fourth-order valence-electron chi connectivity index (χ4n) is 7.79. The van der Waals surface area contributed by atoms with Gasteiger partial charge in [-0.1, -0.05) is 64.1 Å². The first-order valence-electron chi connectivity index (χ1n) is 24.5. The van der Waals surface area contributed by atoms with E-state index < -0.39 is 145 Å². The Bertz CT molecular complexity index is 2400. The van der Waals surface area contributed by atoms with Gasteiger partial charge >= 0.3 is 0 Å². The van der Waals surface area contributed by atoms with E-state index in [1.165, 1.54) is 29.2 Å². The molecule has 2 aliphatic heterocycles. The van der Waals surface area contributed by atoms with Gasteiger partial charge in [0.15, 0.2) is 0 Å². The summed E-state index contributed by atoms with van der Waals surface area (Å²) in [6.07, 6.45) is -0.386. The number of amides is 11. The summed E-state index contributed by atoms with van der Waals surface area (Å²) in [5, 5.41) is 35.2. The number of carbonyl (C=O) groups is 12. The molecule has 0 radical (unpaired) electrons. The lowest BCUT2D eigenvalue weighted by Crippen LogP contribution is -2.61. The van der Waals surface area contributed by atoms with Gasteiger partial charge in [0, 0.05) is 44.2 Å². The molecule has 0 unspecified atom stereocenters. The average Bonchev–Trinajstić information content (AvgIpc) is 3.87. The summed E-state index contributed by atoms with van der Waals surface area (Å²) in [5.74, 6) is -10.8. The number of unbranched alkanes of at least 4 members (excludes halogenated alkanes) is 1. The molecule has 11 amide bonds. The van der Waals surface area contributed by atoms with E-state index in [1.54, 1.807) is 30.3 Å². The molecule has 2 heterocycles. The Hall–Kier alpha value is -7.50. The molecule has 422 valence electrons. The van der Waals surface area contributed by atoms with E-state index in [1.807, 2.05) is 0 Å². The van der Waals surface area contributed by atoms with Crippen LogP contribution in [0, 0.1) is 0 Å². The van der Waals surface area contributed by atoms with Crippen LogP contribution in [-0.4, -0.2) is 166 Å². The molecule has 2 fully saturated rings. The van der Waals surface area contributed by atoms with Crippen molar-refractivity contribution in [1.82, 2.24) is 42.1 Å². The SMILES string of the molecule is CC(=O)O.NCCCC[C@H](NC(=O)[C@H]1CCCN1C(=O)[C@H]1CSSC[C@@H](N)C(=O)N[C@H](Cc2ccc(O)cc2)C(=O)N[C@H](Cc2ccccc2)C(=O)N[C@H](CCC(N)=O)C(=O)N[C@H](CC(N)=O)C(=O)N1)C(=O)NCC(N)=O. The van der Waals surface area contributed by atoms with Gasteiger partial charge in [0.1, 0.15) is 48.0 Å². The standard InChI is InChI=1S/C46H65N13O12S2.C2H4O2/c47-17-5-4-9-29(40(65)52-22-38(51)63)54-45(70)35-10-6-18-59(35)46(71)34-24-73-72-23-28(48)39(64)55-31(20-26-11-13-27(60)14-12-26)43(68)56-32(19-25-7-2-1-3-8-25)42(67)53-30(15-16-36(49)61)41(66)57-33(21-37(50)62)44(69)58-34;1-2(3)4/h1-3,7-8,11-14,28-35,60H,4-6,9-10,15-24,47-48H2,(H2,49,61)(H2,50,62)(H2,51,63)(H,52,65)(H,53,67)(H,54,70)(H,55,64)(H,56,68)(H,57,66)(H,58,69);1H3,(H,3,4)/t28-,29+,30-,31-,32-,33-,34-,35-;/m1./s1. The third-order valence-corrected chi connectivity index (χ3v) is 14.1. The number of nitrogens with two attached hydrogens (primary N) is 5. The van der Waals surface area contributed by atoms with Gasteiger partial charge in [0.2, 0.25) is 65.0 Å². The van der Waals surface area contributed by atoms with Gasteiger partial charge in [-0.05, 0) is 68.3 Å². The Morgan fingerprint density at radius 3 is 1.84 bits per heavy atom. The van der Waals surface area contributed by atoms with Gasteiger partial charge in [-0.2, -0.15) is 0 Å². The molecular formula is C48H69N13O14S2. The second-order valence-electron chi connectivity index (χ2n) is 18.0. The molecular weight excluding hydrogens is 1050 g/mol. The van der Waals surface area contributed by atoms with Crippen molar-refractivity contribution < 1.29 is 67.7 Å². The Balaban J connectivity index is 0.00000376. The van der Waals surface area contributed by atoms with E-state index in [-0.39, 0.29) is 49.5 Å². The molecule has 0 aromatic heterocycles. The van der Waals surface area contributed by atoms with Crippen molar-refractivity contribution in [1.29, 1.82) is 0 Å². The van der Waals surface area contributed by atoms with E-state index >= 15 is 0 Å². The number of hydrogen-bond donors (Lipinski definition) is 14. The number of benzene rings is 2. The molecule has 8 atom stereocenters. The molecule has 4 rings (SSSR count). The van der Waals surface area contributed by atoms with Crippen LogP contribution in [0.25, 0.3) is 0 Å². The number of nitrogens with zero attached hydrogens (tertiary/aromatic N) is 1. The second kappa shape index (κ2) is 32.8. The first-order chi connectivity index (χ1) is 36.5. The maximum atomic E-state index is 14.6. The van der Waals surface area contributed by atoms with Crippen LogP contribution >= 0.6 is 21.6 Å². The first kappa shape index (κ1) is 63.8. The van der Waals surface area contributed by atoms with Crippen LogP contribution in [0.15, 0.2) is 54.6 Å². The Kier molecular flexibility index (Phi) is 27.2. The highest BCUT2D eigenvalue weighted by Gasteiger charge is 2.40. The smallest absolute Gasteiger partial charge is 0.300 e. The molecule has 2 aromatic rings. The summed E-state index contributed by atoms with van der Waals surface area (Å²) < 4.78 is 0. The minimum absolute atomic E-state index is 0.0324. The summed E-state index contributed by atoms with van der Waals surface area (Å²) in [5.41, 5.74) is 29.2. The molecule has 0 saturated carbocycles. The van der Waals surface area contributed by atoms with Crippen LogP contribution in [0.5, 0.6) is 5.75 Å². The van der Waals surface area contributed by atoms with Gasteiger partial charge in [-0.3, -0.25) is 57.5 Å². The van der Waals surface area contributed by atoms with Crippen LogP contribution in [-0.2, 0) is 70.4 Å². The van der Waals surface area contributed by atoms with Crippen LogP contribution in [0.3, 0.4) is 0 Å². The Morgan fingerprint density at radius 2 is 1.26 bits per heavy atom. The zero-order chi connectivity index (χ0) is 57.2. The number of carbonyl (C=O) groups excluding carboxylic acids is 11. The molecule has 2 saturated heterocycles. The van der Waals surface area contributed by atoms with Crippen molar-refractivity contribution in [2.24, 2.45) is 28.7 Å². The highest BCUT2D eigenvalue weighted by molar-refractivity contribution is 8.76. The predicted octanol–water partition coefficient (Wildman–Crippen LogP) is -4.24. The van der Waals surface area contributed by atoms with Crippen molar-refractivity contribution in [2.75, 3.05) is 31.1 Å². The number of primary amides is 3. The zero-order valence-corrected chi connectivity index (χ0v) is 44.0. The molecule has 0 spiro atoms. The lowest BCUT2D eigenvalue weighted by Gasteiger charge is -2.31. The van der Waals surface area contributed by atoms with E-state index in [4.69, 9.17) is 38.6 Å². The monoisotopic (exact) mass is 1120 g/mol. The maximum Gasteiger partial charge on any atom is 0.300 e. The number of phenolic OH excluding ortho intramolecular Hbond substituents is 1. The fourth-order valence-corrected chi connectivity index (χ4v) is 10.1. The molecule has 77 heavy (non-hydrogen) atoms. The Morgan fingerprint density at radius 1 is 0.714 bits per heavy atom. The van der Waals surface area contributed by atoms with Gasteiger partial charge in [0.25, 0.3) is 5.97 Å². The van der Waals surface area contributed by atoms with Crippen LogP contribution in [0.1, 0.15) is 69.4 Å². The quantitative estimate of drug-likeness (QED) is 0.0468. The Labute approximate surface area is 451 Å². The third kappa shape index (κ3) is 23.1. The summed E-state index contributed by atoms with van der Waals surface area (Å²) in [6, 6.07) is 3.09. The van der Waals surface area contributed by atoms with E-state index in [0.717, 1.165) is 28.5 Å². The van der Waals surface area contributed by atoms with E-state index in [9.17, 15) is 57.8 Å². The highest BCUT2D eigenvalue weighted by Crippen LogP contribution is 2.26. The van der Waals surface area contributed by atoms with Crippen LogP contribution in [0.4, 0.5) is 0 Å². The number of aliphatic carboxylic acids is 1. The largest absolute Gasteiger partial charge is 0.508 e. The van der Waals surface area contributed by atoms with Gasteiger partial charge in [-0.25, -0.2) is 0 Å². The lowest BCUT2D eigenvalue weighted by molar-refractivity contribution is -0.142. The van der Waals surface area contributed by atoms with E-state index in [2.05, 4.69) is 37.2 Å². The fraction of sp³-hybridized carbons (Fsp3) is 0.500. The normalized spacial score (nSPS) is 22.1. The van der Waals surface area contributed by atoms with Gasteiger partial charge < -0.3 is 81.0 Å². The average molecular weight is 1120 g/mol. The molecule has 27 nitrogen and oxygen atoms in total. The number of aromatic hydroxyl groups is 1. The minimum atomic E-state index is -1.78. The summed E-state index contributed by atoms with van der Waals surface area (Å²) in [4.78, 5) is 158.